The van der Waals surface area contributed by atoms with E-state index in [9.17, 15) is 19.3 Å². The zero-order chi connectivity index (χ0) is 14.7. The lowest BCUT2D eigenvalue weighted by Crippen LogP contribution is -2.38. The molecule has 0 aromatic heterocycles. The molecule has 2 rings (SSSR count). The summed E-state index contributed by atoms with van der Waals surface area (Å²) < 4.78 is 13.1. The van der Waals surface area contributed by atoms with Crippen molar-refractivity contribution in [3.63, 3.8) is 0 Å². The molecule has 1 saturated carbocycles. The number of amides is 1. The van der Waals surface area contributed by atoms with Gasteiger partial charge in [0.05, 0.1) is 11.0 Å². The molecule has 0 heterocycles. The molecule has 5 nitrogen and oxygen atoms in total. The Morgan fingerprint density at radius 2 is 2.25 bits per heavy atom. The molecule has 1 aliphatic carbocycles. The molecule has 0 bridgehead atoms. The average molecular weight is 345 g/mol. The van der Waals surface area contributed by atoms with Gasteiger partial charge in [0.1, 0.15) is 11.4 Å². The van der Waals surface area contributed by atoms with Crippen molar-refractivity contribution in [2.75, 3.05) is 5.33 Å². The third kappa shape index (κ3) is 3.15. The predicted molar refractivity (Wildman–Crippen MR) is 75.4 cm³/mol. The molecule has 108 valence electrons. The van der Waals surface area contributed by atoms with Crippen molar-refractivity contribution in [2.24, 2.45) is 5.92 Å². The molecule has 7 heteroatoms. The van der Waals surface area contributed by atoms with Crippen LogP contribution >= 0.6 is 15.9 Å². The quantitative estimate of drug-likeness (QED) is 0.518. The van der Waals surface area contributed by atoms with Crippen molar-refractivity contribution >= 4 is 27.5 Å². The minimum atomic E-state index is -0.741. The maximum Gasteiger partial charge on any atom is 0.285 e. The Hall–Kier alpha value is -1.50. The van der Waals surface area contributed by atoms with Gasteiger partial charge in [0.25, 0.3) is 11.6 Å². The Bertz CT molecular complexity index is 538. The van der Waals surface area contributed by atoms with Crippen molar-refractivity contribution in [1.29, 1.82) is 0 Å². The van der Waals surface area contributed by atoms with Gasteiger partial charge in [0.15, 0.2) is 0 Å². The van der Waals surface area contributed by atoms with Crippen LogP contribution in [0.25, 0.3) is 0 Å². The number of nitrogens with zero attached hydrogens (tertiary/aromatic N) is 1. The molecule has 2 atom stereocenters. The Kier molecular flexibility index (Phi) is 4.69. The van der Waals surface area contributed by atoms with E-state index in [0.717, 1.165) is 42.8 Å². The highest BCUT2D eigenvalue weighted by Gasteiger charge is 2.30. The van der Waals surface area contributed by atoms with Gasteiger partial charge in [-0.1, -0.05) is 22.4 Å². The summed E-state index contributed by atoms with van der Waals surface area (Å²) in [6.45, 7) is 0. The number of benzene rings is 1. The highest BCUT2D eigenvalue weighted by molar-refractivity contribution is 9.09. The Morgan fingerprint density at radius 1 is 1.50 bits per heavy atom. The first-order chi connectivity index (χ1) is 9.52. The summed E-state index contributed by atoms with van der Waals surface area (Å²) in [7, 11) is 0. The molecular weight excluding hydrogens is 331 g/mol. The van der Waals surface area contributed by atoms with Crippen LogP contribution in [0.4, 0.5) is 10.1 Å². The Morgan fingerprint density at radius 3 is 2.90 bits per heavy atom. The minimum Gasteiger partial charge on any atom is -0.349 e. The van der Waals surface area contributed by atoms with Crippen LogP contribution in [0.15, 0.2) is 18.2 Å². The number of rotatable bonds is 4. The smallest absolute Gasteiger partial charge is 0.285 e. The van der Waals surface area contributed by atoms with Gasteiger partial charge >= 0.3 is 0 Å². The van der Waals surface area contributed by atoms with Gasteiger partial charge in [-0.15, -0.1) is 0 Å². The molecule has 1 aromatic carbocycles. The monoisotopic (exact) mass is 344 g/mol. The lowest BCUT2D eigenvalue weighted by atomic mass is 10.1. The van der Waals surface area contributed by atoms with Gasteiger partial charge in [0.2, 0.25) is 0 Å². The fraction of sp³-hybridized carbons (Fsp3) is 0.462. The highest BCUT2D eigenvalue weighted by atomic mass is 79.9. The standard InChI is InChI=1S/C13H14BrFN2O3/c14-7-8-2-1-3-11(8)16-13(18)10-5-4-9(15)6-12(10)17(19)20/h4-6,8,11H,1-3,7H2,(H,16,18). The zero-order valence-corrected chi connectivity index (χ0v) is 12.2. The van der Waals surface area contributed by atoms with Crippen molar-refractivity contribution in [3.8, 4) is 0 Å². The van der Waals surface area contributed by atoms with Crippen LogP contribution in [0.3, 0.4) is 0 Å². The first-order valence-corrected chi connectivity index (χ1v) is 7.46. The molecule has 0 aliphatic heterocycles. The first kappa shape index (κ1) is 14.9. The zero-order valence-electron chi connectivity index (χ0n) is 10.6. The van der Waals surface area contributed by atoms with E-state index in [4.69, 9.17) is 0 Å². The first-order valence-electron chi connectivity index (χ1n) is 6.33. The Balaban J connectivity index is 2.19. The topological polar surface area (TPSA) is 72.2 Å². The van der Waals surface area contributed by atoms with Gasteiger partial charge in [-0.3, -0.25) is 14.9 Å². The van der Waals surface area contributed by atoms with E-state index in [1.807, 2.05) is 0 Å². The second kappa shape index (κ2) is 6.30. The van der Waals surface area contributed by atoms with Crippen LogP contribution in [0.5, 0.6) is 0 Å². The number of nitro benzene ring substituents is 1. The summed E-state index contributed by atoms with van der Waals surface area (Å²) in [4.78, 5) is 22.3. The van der Waals surface area contributed by atoms with E-state index in [1.165, 1.54) is 0 Å². The van der Waals surface area contributed by atoms with Crippen LogP contribution in [-0.2, 0) is 0 Å². The highest BCUT2D eigenvalue weighted by Crippen LogP contribution is 2.28. The number of halogens is 2. The van der Waals surface area contributed by atoms with Crippen LogP contribution in [0, 0.1) is 21.8 Å². The van der Waals surface area contributed by atoms with E-state index >= 15 is 0 Å². The normalized spacial score (nSPS) is 21.7. The second-order valence-electron chi connectivity index (χ2n) is 4.84. The number of carbonyl (C=O) groups excluding carboxylic acids is 1. The third-order valence-corrected chi connectivity index (χ3v) is 4.41. The molecule has 1 aliphatic rings. The lowest BCUT2D eigenvalue weighted by molar-refractivity contribution is -0.385. The van der Waals surface area contributed by atoms with Crippen LogP contribution < -0.4 is 5.32 Å². The molecule has 0 saturated heterocycles. The number of carbonyl (C=O) groups is 1. The lowest BCUT2D eigenvalue weighted by Gasteiger charge is -2.18. The summed E-state index contributed by atoms with van der Waals surface area (Å²) in [6, 6.07) is 2.98. The molecule has 1 fully saturated rings. The number of alkyl halides is 1. The van der Waals surface area contributed by atoms with Gasteiger partial charge in [-0.2, -0.15) is 0 Å². The SMILES string of the molecule is O=C(NC1CCCC1CBr)c1ccc(F)cc1[N+](=O)[O-]. The molecular formula is C13H14BrFN2O3. The summed E-state index contributed by atoms with van der Waals surface area (Å²) >= 11 is 3.40. The van der Waals surface area contributed by atoms with Crippen molar-refractivity contribution < 1.29 is 14.1 Å². The third-order valence-electron chi connectivity index (χ3n) is 3.57. The van der Waals surface area contributed by atoms with E-state index in [2.05, 4.69) is 21.2 Å². The summed E-state index contributed by atoms with van der Waals surface area (Å²) in [5, 5.41) is 14.5. The molecule has 1 amide bonds. The van der Waals surface area contributed by atoms with Gasteiger partial charge in [0, 0.05) is 11.4 Å². The second-order valence-corrected chi connectivity index (χ2v) is 5.49. The van der Waals surface area contributed by atoms with E-state index in [-0.39, 0.29) is 11.6 Å². The molecule has 1 N–H and O–H groups in total. The predicted octanol–water partition coefficient (Wildman–Crippen LogP) is 3.03. The largest absolute Gasteiger partial charge is 0.349 e. The summed E-state index contributed by atoms with van der Waals surface area (Å²) in [5.41, 5.74) is -0.604. The van der Waals surface area contributed by atoms with Crippen molar-refractivity contribution in [3.05, 3.63) is 39.7 Å². The maximum atomic E-state index is 13.1. The Labute approximate surface area is 123 Å². The van der Waals surface area contributed by atoms with Crippen molar-refractivity contribution in [1.82, 2.24) is 5.32 Å². The fourth-order valence-corrected chi connectivity index (χ4v) is 3.28. The maximum absolute atomic E-state index is 13.1. The van der Waals surface area contributed by atoms with Gasteiger partial charge in [-0.25, -0.2) is 4.39 Å². The molecule has 2 unspecified atom stereocenters. The average Bonchev–Trinajstić information content (AvgIpc) is 2.85. The summed E-state index contributed by atoms with van der Waals surface area (Å²) in [5.74, 6) is -0.916. The van der Waals surface area contributed by atoms with Crippen LogP contribution in [0.2, 0.25) is 0 Å². The summed E-state index contributed by atoms with van der Waals surface area (Å²) in [6.07, 6.45) is 2.89. The van der Waals surface area contributed by atoms with Crippen LogP contribution in [0.1, 0.15) is 29.6 Å². The number of nitrogens with one attached hydrogen (secondary N) is 1. The number of hydrogen-bond donors (Lipinski definition) is 1. The van der Waals surface area contributed by atoms with Gasteiger partial charge in [-0.05, 0) is 30.9 Å². The van der Waals surface area contributed by atoms with E-state index in [1.54, 1.807) is 0 Å². The molecule has 20 heavy (non-hydrogen) atoms. The fourth-order valence-electron chi connectivity index (χ4n) is 2.51. The van der Waals surface area contributed by atoms with E-state index < -0.39 is 22.3 Å². The molecule has 0 spiro atoms. The number of nitro groups is 1. The molecule has 1 aromatic rings. The van der Waals surface area contributed by atoms with Gasteiger partial charge < -0.3 is 5.32 Å². The minimum absolute atomic E-state index is 0.00605. The van der Waals surface area contributed by atoms with Crippen LogP contribution in [-0.4, -0.2) is 22.2 Å². The van der Waals surface area contributed by atoms with Crippen molar-refractivity contribution in [2.45, 2.75) is 25.3 Å². The molecule has 0 radical (unpaired) electrons. The number of hydrogen-bond acceptors (Lipinski definition) is 3. The van der Waals surface area contributed by atoms with E-state index in [0.29, 0.717) is 5.92 Å².